The van der Waals surface area contributed by atoms with Crippen LogP contribution in [0.4, 0.5) is 11.1 Å². The summed E-state index contributed by atoms with van der Waals surface area (Å²) in [4.78, 5) is 43.8. The van der Waals surface area contributed by atoms with E-state index in [0.29, 0.717) is 0 Å². The van der Waals surface area contributed by atoms with E-state index in [1.807, 2.05) is 0 Å². The van der Waals surface area contributed by atoms with Gasteiger partial charge in [0.15, 0.2) is 10.8 Å². The molecule has 0 saturated carbocycles. The molecule has 0 aliphatic carbocycles. The van der Waals surface area contributed by atoms with Crippen LogP contribution in [-0.2, 0) is 9.59 Å². The fourth-order valence-corrected chi connectivity index (χ4v) is 2.11. The lowest BCUT2D eigenvalue weighted by Gasteiger charge is -1.98. The first-order valence-corrected chi connectivity index (χ1v) is 5.73. The molecule has 18 heavy (non-hydrogen) atoms. The SMILES string of the molecule is CC(=O)Nc1nc2nc(NC(C)=O)sc2c(=O)[nH]1. The van der Waals surface area contributed by atoms with E-state index in [4.69, 9.17) is 0 Å². The number of aromatic nitrogens is 3. The van der Waals surface area contributed by atoms with E-state index in [1.54, 1.807) is 0 Å². The van der Waals surface area contributed by atoms with E-state index in [0.717, 1.165) is 11.3 Å². The Morgan fingerprint density at radius 1 is 1.17 bits per heavy atom. The molecule has 94 valence electrons. The van der Waals surface area contributed by atoms with Crippen molar-refractivity contribution in [3.63, 3.8) is 0 Å². The van der Waals surface area contributed by atoms with E-state index < -0.39 is 5.56 Å². The molecular formula is C9H9N5O3S. The van der Waals surface area contributed by atoms with Gasteiger partial charge in [-0.05, 0) is 0 Å². The zero-order valence-electron chi connectivity index (χ0n) is 9.53. The minimum absolute atomic E-state index is 0.0275. The molecule has 2 rings (SSSR count). The van der Waals surface area contributed by atoms with Crippen molar-refractivity contribution in [1.82, 2.24) is 15.0 Å². The van der Waals surface area contributed by atoms with E-state index in [9.17, 15) is 14.4 Å². The fraction of sp³-hybridized carbons (Fsp3) is 0.222. The summed E-state index contributed by atoms with van der Waals surface area (Å²) in [5.41, 5.74) is -0.242. The van der Waals surface area contributed by atoms with Gasteiger partial charge in [-0.15, -0.1) is 0 Å². The molecule has 0 aliphatic heterocycles. The molecule has 0 radical (unpaired) electrons. The Bertz CT molecular complexity index is 689. The monoisotopic (exact) mass is 267 g/mol. The van der Waals surface area contributed by atoms with Gasteiger partial charge >= 0.3 is 0 Å². The van der Waals surface area contributed by atoms with Gasteiger partial charge in [-0.1, -0.05) is 11.3 Å². The van der Waals surface area contributed by atoms with E-state index >= 15 is 0 Å². The number of thiazole rings is 1. The van der Waals surface area contributed by atoms with Crippen LogP contribution in [0.1, 0.15) is 13.8 Å². The summed E-state index contributed by atoms with van der Waals surface area (Å²) in [6.45, 7) is 2.64. The average Bonchev–Trinajstić information content (AvgIpc) is 2.58. The predicted molar refractivity (Wildman–Crippen MR) is 66.6 cm³/mol. The van der Waals surface area contributed by atoms with Crippen LogP contribution in [0.3, 0.4) is 0 Å². The molecule has 0 fully saturated rings. The molecule has 2 heterocycles. The van der Waals surface area contributed by atoms with Crippen LogP contribution in [0.2, 0.25) is 0 Å². The topological polar surface area (TPSA) is 117 Å². The number of amides is 2. The standard InChI is InChI=1S/C9H9N5O3S/c1-3(15)10-8-12-6-5(7(17)14-8)18-9(13-6)11-4(2)16/h1-2H3,(H3,10,11,12,13,14,15,16,17). The lowest BCUT2D eigenvalue weighted by atomic mass is 10.6. The molecule has 8 nitrogen and oxygen atoms in total. The Hall–Kier alpha value is -2.29. The lowest BCUT2D eigenvalue weighted by Crippen LogP contribution is -2.15. The molecule has 0 aliphatic rings. The molecule has 2 aromatic rings. The van der Waals surface area contributed by atoms with Crippen molar-refractivity contribution in [1.29, 1.82) is 0 Å². The van der Waals surface area contributed by atoms with Gasteiger partial charge in [0.05, 0.1) is 0 Å². The number of nitrogens with zero attached hydrogens (tertiary/aromatic N) is 2. The average molecular weight is 267 g/mol. The number of rotatable bonds is 2. The number of nitrogens with one attached hydrogen (secondary N) is 3. The molecule has 0 spiro atoms. The number of carbonyl (C=O) groups is 2. The predicted octanol–water partition coefficient (Wildman–Crippen LogP) is 0.296. The Morgan fingerprint density at radius 3 is 2.44 bits per heavy atom. The van der Waals surface area contributed by atoms with Crippen molar-refractivity contribution in [3.8, 4) is 0 Å². The quantitative estimate of drug-likeness (QED) is 0.723. The third kappa shape index (κ3) is 2.51. The van der Waals surface area contributed by atoms with Gasteiger partial charge in [-0.3, -0.25) is 24.7 Å². The molecule has 0 bridgehead atoms. The highest BCUT2D eigenvalue weighted by Crippen LogP contribution is 2.21. The first-order chi connectivity index (χ1) is 8.45. The number of anilines is 2. The van der Waals surface area contributed by atoms with E-state index in [2.05, 4.69) is 25.6 Å². The molecule has 0 unspecified atom stereocenters. The second-order valence-corrected chi connectivity index (χ2v) is 4.45. The fourth-order valence-electron chi connectivity index (χ4n) is 1.26. The van der Waals surface area contributed by atoms with Gasteiger partial charge in [0.25, 0.3) is 5.56 Å². The van der Waals surface area contributed by atoms with Gasteiger partial charge in [0, 0.05) is 13.8 Å². The maximum atomic E-state index is 11.7. The summed E-state index contributed by atoms with van der Waals surface area (Å²) >= 11 is 1.02. The minimum Gasteiger partial charge on any atom is -0.302 e. The number of carbonyl (C=O) groups excluding carboxylic acids is 2. The van der Waals surface area contributed by atoms with Crippen molar-refractivity contribution in [3.05, 3.63) is 10.4 Å². The zero-order chi connectivity index (χ0) is 13.3. The minimum atomic E-state index is -0.419. The van der Waals surface area contributed by atoms with Crippen LogP contribution in [0.25, 0.3) is 10.3 Å². The van der Waals surface area contributed by atoms with Crippen LogP contribution >= 0.6 is 11.3 Å². The summed E-state index contributed by atoms with van der Waals surface area (Å²) in [5.74, 6) is -0.609. The third-order valence-corrected chi connectivity index (χ3v) is 2.80. The summed E-state index contributed by atoms with van der Waals surface area (Å²) in [5, 5.41) is 5.12. The second-order valence-electron chi connectivity index (χ2n) is 3.45. The maximum Gasteiger partial charge on any atom is 0.272 e. The number of hydrogen-bond donors (Lipinski definition) is 3. The summed E-state index contributed by atoms with van der Waals surface area (Å²) < 4.78 is 0.285. The normalized spacial score (nSPS) is 10.3. The maximum absolute atomic E-state index is 11.7. The molecule has 3 N–H and O–H groups in total. The Balaban J connectivity index is 2.48. The number of H-pyrrole nitrogens is 1. The Morgan fingerprint density at radius 2 is 1.83 bits per heavy atom. The zero-order valence-corrected chi connectivity index (χ0v) is 10.3. The highest BCUT2D eigenvalue weighted by molar-refractivity contribution is 7.22. The van der Waals surface area contributed by atoms with E-state index in [1.165, 1.54) is 13.8 Å². The number of aromatic amines is 1. The highest BCUT2D eigenvalue weighted by Gasteiger charge is 2.11. The van der Waals surface area contributed by atoms with Gasteiger partial charge in [-0.2, -0.15) is 9.97 Å². The molecule has 0 atom stereocenters. The van der Waals surface area contributed by atoms with Gasteiger partial charge < -0.3 is 5.32 Å². The Labute approximate surface area is 104 Å². The molecule has 9 heteroatoms. The molecule has 2 aromatic heterocycles. The molecular weight excluding hydrogens is 258 g/mol. The van der Waals surface area contributed by atoms with Gasteiger partial charge in [0.1, 0.15) is 4.70 Å². The summed E-state index contributed by atoms with van der Waals surface area (Å²) in [7, 11) is 0. The lowest BCUT2D eigenvalue weighted by molar-refractivity contribution is -0.115. The first kappa shape index (κ1) is 12.2. The van der Waals surface area contributed by atoms with Crippen molar-refractivity contribution < 1.29 is 9.59 Å². The molecule has 2 amide bonds. The van der Waals surface area contributed by atoms with Crippen LogP contribution in [0.5, 0.6) is 0 Å². The van der Waals surface area contributed by atoms with Crippen molar-refractivity contribution in [2.45, 2.75) is 13.8 Å². The van der Waals surface area contributed by atoms with E-state index in [-0.39, 0.29) is 33.2 Å². The summed E-state index contributed by atoms with van der Waals surface area (Å²) in [6.07, 6.45) is 0. The highest BCUT2D eigenvalue weighted by atomic mass is 32.1. The van der Waals surface area contributed by atoms with Crippen molar-refractivity contribution >= 4 is 44.6 Å². The van der Waals surface area contributed by atoms with Crippen LogP contribution in [-0.4, -0.2) is 26.8 Å². The van der Waals surface area contributed by atoms with Crippen molar-refractivity contribution in [2.75, 3.05) is 10.6 Å². The second kappa shape index (κ2) is 4.53. The van der Waals surface area contributed by atoms with Gasteiger partial charge in [-0.25, -0.2) is 0 Å². The van der Waals surface area contributed by atoms with Gasteiger partial charge in [0.2, 0.25) is 17.8 Å². The molecule has 0 saturated heterocycles. The van der Waals surface area contributed by atoms with Crippen molar-refractivity contribution in [2.24, 2.45) is 0 Å². The number of hydrogen-bond acceptors (Lipinski definition) is 6. The largest absolute Gasteiger partial charge is 0.302 e. The molecule has 0 aromatic carbocycles. The number of fused-ring (bicyclic) bond motifs is 1. The summed E-state index contributed by atoms with van der Waals surface area (Å²) in [6, 6.07) is 0. The smallest absolute Gasteiger partial charge is 0.272 e. The Kier molecular flexibility index (Phi) is 3.06. The van der Waals surface area contributed by atoms with Crippen LogP contribution < -0.4 is 16.2 Å². The van der Waals surface area contributed by atoms with Crippen LogP contribution in [0, 0.1) is 0 Å². The first-order valence-electron chi connectivity index (χ1n) is 4.92. The van der Waals surface area contributed by atoms with Crippen LogP contribution in [0.15, 0.2) is 4.79 Å². The third-order valence-electron chi connectivity index (χ3n) is 1.84.